The number of fused-ring (bicyclic) bond motifs is 1. The van der Waals surface area contributed by atoms with E-state index < -0.39 is 0 Å². The van der Waals surface area contributed by atoms with Gasteiger partial charge < -0.3 is 14.5 Å². The number of furan rings is 1. The van der Waals surface area contributed by atoms with Gasteiger partial charge in [-0.1, -0.05) is 30.3 Å². The molecule has 0 spiro atoms. The highest BCUT2D eigenvalue weighted by atomic mass is 16.5. The van der Waals surface area contributed by atoms with Gasteiger partial charge in [-0.3, -0.25) is 4.90 Å². The van der Waals surface area contributed by atoms with E-state index in [4.69, 9.17) is 19.2 Å². The predicted molar refractivity (Wildman–Crippen MR) is 132 cm³/mol. The fourth-order valence-electron chi connectivity index (χ4n) is 4.62. The number of hydrogen-bond acceptors (Lipinski definition) is 7. The van der Waals surface area contributed by atoms with Crippen molar-refractivity contribution in [1.29, 1.82) is 0 Å². The molecular weight excluding hydrogens is 428 g/mol. The van der Waals surface area contributed by atoms with Crippen LogP contribution in [0.3, 0.4) is 0 Å². The summed E-state index contributed by atoms with van der Waals surface area (Å²) in [5, 5.41) is 8.07. The van der Waals surface area contributed by atoms with Gasteiger partial charge in [-0.05, 0) is 62.4 Å². The summed E-state index contributed by atoms with van der Waals surface area (Å²) < 4.78 is 12.5. The minimum atomic E-state index is 0.570. The molecule has 0 saturated carbocycles. The number of methoxy groups -OCH3 is 1. The van der Waals surface area contributed by atoms with E-state index in [1.54, 1.807) is 13.4 Å². The summed E-state index contributed by atoms with van der Waals surface area (Å²) in [6.45, 7) is 4.43. The van der Waals surface area contributed by atoms with E-state index in [2.05, 4.69) is 45.5 Å². The van der Waals surface area contributed by atoms with Gasteiger partial charge in [0.15, 0.2) is 11.4 Å². The Kier molecular flexibility index (Phi) is 7.16. The quantitative estimate of drug-likeness (QED) is 0.354. The minimum absolute atomic E-state index is 0.570. The molecule has 0 atom stereocenters. The van der Waals surface area contributed by atoms with Gasteiger partial charge in [0, 0.05) is 38.6 Å². The largest absolute Gasteiger partial charge is 0.461 e. The third-order valence-corrected chi connectivity index (χ3v) is 6.46. The van der Waals surface area contributed by atoms with Gasteiger partial charge in [0.1, 0.15) is 0 Å². The summed E-state index contributed by atoms with van der Waals surface area (Å²) in [7, 11) is 1.71. The van der Waals surface area contributed by atoms with Crippen LogP contribution in [0.15, 0.2) is 59.3 Å². The molecule has 1 aliphatic heterocycles. The predicted octanol–water partition coefficient (Wildman–Crippen LogP) is 4.29. The third-order valence-electron chi connectivity index (χ3n) is 6.46. The molecule has 1 aliphatic rings. The maximum absolute atomic E-state index is 5.55. The number of likely N-dealkylation sites (tertiary alicyclic amines) is 1. The standard InChI is InChI=1S/C26H32N6O2/c1-33-15-6-12-27-26-28-18-22(25-29-24(30-32(25)26)23-9-5-16-34-23)19-31-13-10-21(11-14-31)17-20-7-3-2-4-8-20/h2-5,7-9,16,18,21H,6,10-15,17,19H2,1H3,(H,27,28). The van der Waals surface area contributed by atoms with Crippen LogP contribution in [-0.2, 0) is 17.7 Å². The Hall–Kier alpha value is -3.23. The summed E-state index contributed by atoms with van der Waals surface area (Å²) in [6.07, 6.45) is 8.05. The van der Waals surface area contributed by atoms with Gasteiger partial charge in [0.05, 0.1) is 6.26 Å². The van der Waals surface area contributed by atoms with E-state index in [0.717, 1.165) is 49.7 Å². The fraction of sp³-hybridized carbons (Fsp3) is 0.423. The maximum atomic E-state index is 5.55. The van der Waals surface area contributed by atoms with Crippen molar-refractivity contribution in [2.24, 2.45) is 5.92 Å². The van der Waals surface area contributed by atoms with Crippen molar-refractivity contribution in [3.05, 3.63) is 66.1 Å². The molecule has 8 nitrogen and oxygen atoms in total. The maximum Gasteiger partial charge on any atom is 0.225 e. The summed E-state index contributed by atoms with van der Waals surface area (Å²) >= 11 is 0. The molecule has 5 rings (SSSR count). The molecule has 1 saturated heterocycles. The smallest absolute Gasteiger partial charge is 0.225 e. The first-order valence-electron chi connectivity index (χ1n) is 12.1. The van der Waals surface area contributed by atoms with Crippen LogP contribution in [0, 0.1) is 5.92 Å². The summed E-state index contributed by atoms with van der Waals surface area (Å²) in [5.74, 6) is 2.65. The number of ether oxygens (including phenoxy) is 1. The van der Waals surface area contributed by atoms with Crippen LogP contribution in [-0.4, -0.2) is 57.8 Å². The zero-order valence-corrected chi connectivity index (χ0v) is 19.7. The van der Waals surface area contributed by atoms with E-state index in [1.165, 1.54) is 24.8 Å². The lowest BCUT2D eigenvalue weighted by Gasteiger charge is -2.32. The molecule has 1 aromatic carbocycles. The zero-order chi connectivity index (χ0) is 23.2. The SMILES string of the molecule is COCCCNc1ncc(CN2CCC(Cc3ccccc3)CC2)c2nc(-c3ccco3)nn12. The van der Waals surface area contributed by atoms with Gasteiger partial charge in [0.25, 0.3) is 0 Å². The second kappa shape index (κ2) is 10.8. The van der Waals surface area contributed by atoms with E-state index in [-0.39, 0.29) is 0 Å². The molecule has 4 aromatic rings. The van der Waals surface area contributed by atoms with Crippen LogP contribution in [0.5, 0.6) is 0 Å². The Morgan fingerprint density at radius 3 is 2.74 bits per heavy atom. The van der Waals surface area contributed by atoms with Gasteiger partial charge in [0.2, 0.25) is 11.8 Å². The van der Waals surface area contributed by atoms with Crippen molar-refractivity contribution in [2.45, 2.75) is 32.2 Å². The number of hydrogen-bond donors (Lipinski definition) is 1. The third kappa shape index (κ3) is 5.29. The van der Waals surface area contributed by atoms with E-state index in [1.807, 2.05) is 22.8 Å². The fourth-order valence-corrected chi connectivity index (χ4v) is 4.62. The topological polar surface area (TPSA) is 80.7 Å². The van der Waals surface area contributed by atoms with Crippen LogP contribution >= 0.6 is 0 Å². The Bertz CT molecular complexity index is 1170. The number of nitrogens with one attached hydrogen (secondary N) is 1. The first kappa shape index (κ1) is 22.6. The van der Waals surface area contributed by atoms with Crippen molar-refractivity contribution in [1.82, 2.24) is 24.5 Å². The van der Waals surface area contributed by atoms with Gasteiger partial charge in [-0.25, -0.2) is 9.97 Å². The van der Waals surface area contributed by atoms with E-state index in [9.17, 15) is 0 Å². The summed E-state index contributed by atoms with van der Waals surface area (Å²) in [4.78, 5) is 12.0. The second-order valence-corrected chi connectivity index (χ2v) is 8.94. The highest BCUT2D eigenvalue weighted by Crippen LogP contribution is 2.25. The van der Waals surface area contributed by atoms with Crippen molar-refractivity contribution < 1.29 is 9.15 Å². The molecule has 1 fully saturated rings. The molecule has 0 unspecified atom stereocenters. The average Bonchev–Trinajstić information content (AvgIpc) is 3.55. The van der Waals surface area contributed by atoms with Crippen LogP contribution in [0.4, 0.5) is 5.95 Å². The van der Waals surface area contributed by atoms with E-state index in [0.29, 0.717) is 24.1 Å². The molecule has 178 valence electrons. The van der Waals surface area contributed by atoms with Crippen LogP contribution < -0.4 is 5.32 Å². The Labute approximate surface area is 200 Å². The molecule has 8 heteroatoms. The molecule has 1 N–H and O–H groups in total. The van der Waals surface area contributed by atoms with Crippen molar-refractivity contribution >= 4 is 11.6 Å². The highest BCUT2D eigenvalue weighted by Gasteiger charge is 2.22. The number of anilines is 1. The Morgan fingerprint density at radius 1 is 1.12 bits per heavy atom. The Balaban J connectivity index is 1.30. The van der Waals surface area contributed by atoms with Gasteiger partial charge >= 0.3 is 0 Å². The van der Waals surface area contributed by atoms with Crippen molar-refractivity contribution in [2.75, 3.05) is 38.7 Å². The Morgan fingerprint density at radius 2 is 1.97 bits per heavy atom. The number of rotatable bonds is 10. The van der Waals surface area contributed by atoms with E-state index >= 15 is 0 Å². The summed E-state index contributed by atoms with van der Waals surface area (Å²) in [6, 6.07) is 14.6. The number of aromatic nitrogens is 4. The van der Waals surface area contributed by atoms with Gasteiger partial charge in [-0.15, -0.1) is 5.10 Å². The number of nitrogens with zero attached hydrogens (tertiary/aromatic N) is 5. The number of piperidine rings is 1. The monoisotopic (exact) mass is 460 g/mol. The molecule has 34 heavy (non-hydrogen) atoms. The lowest BCUT2D eigenvalue weighted by Crippen LogP contribution is -2.34. The summed E-state index contributed by atoms with van der Waals surface area (Å²) in [5.41, 5.74) is 3.34. The molecular formula is C26H32N6O2. The first-order valence-corrected chi connectivity index (χ1v) is 12.1. The van der Waals surface area contributed by atoms with Crippen molar-refractivity contribution in [3.63, 3.8) is 0 Å². The molecule has 0 radical (unpaired) electrons. The lowest BCUT2D eigenvalue weighted by molar-refractivity contribution is 0.177. The van der Waals surface area contributed by atoms with Crippen LogP contribution in [0.25, 0.3) is 17.2 Å². The average molecular weight is 461 g/mol. The number of benzene rings is 1. The second-order valence-electron chi connectivity index (χ2n) is 8.94. The van der Waals surface area contributed by atoms with Crippen LogP contribution in [0.2, 0.25) is 0 Å². The normalized spacial score (nSPS) is 15.2. The molecule has 3 aromatic heterocycles. The molecule has 0 aliphatic carbocycles. The minimum Gasteiger partial charge on any atom is -0.461 e. The lowest BCUT2D eigenvalue weighted by atomic mass is 9.90. The highest BCUT2D eigenvalue weighted by molar-refractivity contribution is 5.57. The molecule has 0 amide bonds. The first-order chi connectivity index (χ1) is 16.8. The van der Waals surface area contributed by atoms with Gasteiger partial charge in [-0.2, -0.15) is 4.52 Å². The zero-order valence-electron chi connectivity index (χ0n) is 19.7. The molecule has 4 heterocycles. The van der Waals surface area contributed by atoms with Crippen LogP contribution in [0.1, 0.15) is 30.4 Å². The van der Waals surface area contributed by atoms with Crippen molar-refractivity contribution in [3.8, 4) is 11.6 Å². The molecule has 0 bridgehead atoms.